The number of hydrogen-bond acceptors (Lipinski definition) is 4. The summed E-state index contributed by atoms with van der Waals surface area (Å²) in [6, 6.07) is -0.527. The van der Waals surface area contributed by atoms with E-state index in [1.165, 1.54) is 7.05 Å². The summed E-state index contributed by atoms with van der Waals surface area (Å²) >= 11 is 0. The molecule has 2 rings (SSSR count). The summed E-state index contributed by atoms with van der Waals surface area (Å²) in [7, 11) is -3.08. The lowest BCUT2D eigenvalue weighted by atomic mass is 10.1. The number of aryl methyl sites for hydroxylation is 1. The van der Waals surface area contributed by atoms with Gasteiger partial charge in [-0.25, -0.2) is 13.1 Å². The maximum atomic E-state index is 12.9. The Labute approximate surface area is 120 Å². The van der Waals surface area contributed by atoms with Crippen LogP contribution in [0.25, 0.3) is 0 Å². The molecule has 2 atom stereocenters. The number of ether oxygens (including phenoxy) is 1. The lowest BCUT2D eigenvalue weighted by molar-refractivity contribution is -0.143. The van der Waals surface area contributed by atoms with Gasteiger partial charge in [0, 0.05) is 19.9 Å². The van der Waals surface area contributed by atoms with E-state index < -0.39 is 32.8 Å². The van der Waals surface area contributed by atoms with Gasteiger partial charge >= 0.3 is 6.18 Å². The van der Waals surface area contributed by atoms with Crippen LogP contribution in [0.1, 0.15) is 25.5 Å². The Hall–Kier alpha value is -1.13. The predicted molar refractivity (Wildman–Crippen MR) is 67.0 cm³/mol. The molecule has 1 aliphatic rings. The van der Waals surface area contributed by atoms with Gasteiger partial charge in [0.15, 0.2) is 5.69 Å². The predicted octanol–water partition coefficient (Wildman–Crippen LogP) is 1.28. The van der Waals surface area contributed by atoms with Crippen molar-refractivity contribution in [2.24, 2.45) is 7.05 Å². The SMILES string of the molecule is CC[C@@H]1OCC[C@H]1NS(=O)(=O)c1cn(C)nc1C(F)(F)F. The van der Waals surface area contributed by atoms with E-state index in [1.807, 2.05) is 6.92 Å². The van der Waals surface area contributed by atoms with Crippen LogP contribution in [0, 0.1) is 0 Å². The number of halogens is 3. The molecule has 2 heterocycles. The highest BCUT2D eigenvalue weighted by molar-refractivity contribution is 7.89. The summed E-state index contributed by atoms with van der Waals surface area (Å²) in [5.41, 5.74) is -1.41. The summed E-state index contributed by atoms with van der Waals surface area (Å²) in [6.07, 6.45) is -3.30. The second-order valence-corrected chi connectivity index (χ2v) is 6.53. The topological polar surface area (TPSA) is 73.2 Å². The second kappa shape index (κ2) is 5.58. The summed E-state index contributed by atoms with van der Waals surface area (Å²) in [4.78, 5) is -0.862. The Morgan fingerprint density at radius 3 is 2.76 bits per heavy atom. The van der Waals surface area contributed by atoms with Crippen molar-refractivity contribution in [1.29, 1.82) is 0 Å². The average Bonchev–Trinajstić information content (AvgIpc) is 2.94. The largest absolute Gasteiger partial charge is 0.436 e. The second-order valence-electron chi connectivity index (χ2n) is 4.85. The molecule has 1 aromatic rings. The number of alkyl halides is 3. The standard InChI is InChI=1S/C11H16F3N3O3S/c1-3-8-7(4-5-20-8)16-21(18,19)9-6-17(2)15-10(9)11(12,13)14/h6-8,16H,3-5H2,1-2H3/t7-,8+/m1/s1. The number of nitrogens with zero attached hydrogens (tertiary/aromatic N) is 2. The Balaban J connectivity index is 2.32. The summed E-state index contributed by atoms with van der Waals surface area (Å²) in [6.45, 7) is 2.20. The van der Waals surface area contributed by atoms with Crippen LogP contribution in [0.5, 0.6) is 0 Å². The molecule has 0 amide bonds. The van der Waals surface area contributed by atoms with Gasteiger partial charge in [0.1, 0.15) is 4.90 Å². The fraction of sp³-hybridized carbons (Fsp3) is 0.727. The van der Waals surface area contributed by atoms with Gasteiger partial charge in [-0.3, -0.25) is 4.68 Å². The first-order valence-electron chi connectivity index (χ1n) is 6.40. The van der Waals surface area contributed by atoms with E-state index in [0.717, 1.165) is 10.9 Å². The highest BCUT2D eigenvalue weighted by atomic mass is 32.2. The number of sulfonamides is 1. The van der Waals surface area contributed by atoms with Gasteiger partial charge in [-0.05, 0) is 12.8 Å². The van der Waals surface area contributed by atoms with Crippen molar-refractivity contribution in [3.63, 3.8) is 0 Å². The first kappa shape index (κ1) is 16.2. The van der Waals surface area contributed by atoms with Crippen molar-refractivity contribution in [2.45, 2.75) is 43.0 Å². The average molecular weight is 327 g/mol. The molecular formula is C11H16F3N3O3S. The number of aromatic nitrogens is 2. The van der Waals surface area contributed by atoms with Crippen molar-refractivity contribution in [2.75, 3.05) is 6.61 Å². The van der Waals surface area contributed by atoms with E-state index in [-0.39, 0.29) is 6.10 Å². The van der Waals surface area contributed by atoms with E-state index in [4.69, 9.17) is 4.74 Å². The van der Waals surface area contributed by atoms with Crippen LogP contribution < -0.4 is 4.72 Å². The smallest absolute Gasteiger partial charge is 0.377 e. The normalized spacial score (nSPS) is 23.7. The lowest BCUT2D eigenvalue weighted by Gasteiger charge is -2.18. The molecule has 1 saturated heterocycles. The lowest BCUT2D eigenvalue weighted by Crippen LogP contribution is -2.40. The molecule has 120 valence electrons. The van der Waals surface area contributed by atoms with Crippen LogP contribution in [0.4, 0.5) is 13.2 Å². The molecule has 10 heteroatoms. The third kappa shape index (κ3) is 3.38. The molecule has 0 unspecified atom stereocenters. The Bertz CT molecular complexity index is 612. The molecular weight excluding hydrogens is 311 g/mol. The maximum absolute atomic E-state index is 12.9. The highest BCUT2D eigenvalue weighted by Crippen LogP contribution is 2.33. The van der Waals surface area contributed by atoms with Gasteiger partial charge in [-0.1, -0.05) is 6.92 Å². The molecule has 21 heavy (non-hydrogen) atoms. The minimum atomic E-state index is -4.83. The zero-order chi connectivity index (χ0) is 15.8. The molecule has 0 aromatic carbocycles. The number of nitrogens with one attached hydrogen (secondary N) is 1. The molecule has 1 N–H and O–H groups in total. The van der Waals surface area contributed by atoms with Crippen molar-refractivity contribution < 1.29 is 26.3 Å². The van der Waals surface area contributed by atoms with E-state index in [2.05, 4.69) is 9.82 Å². The summed E-state index contributed by atoms with van der Waals surface area (Å²) in [5, 5.41) is 3.20. The molecule has 0 saturated carbocycles. The first-order valence-corrected chi connectivity index (χ1v) is 7.88. The van der Waals surface area contributed by atoms with Crippen molar-refractivity contribution >= 4 is 10.0 Å². The Kier molecular flexibility index (Phi) is 4.31. The Morgan fingerprint density at radius 1 is 1.52 bits per heavy atom. The van der Waals surface area contributed by atoms with E-state index in [0.29, 0.717) is 19.4 Å². The minimum absolute atomic E-state index is 0.328. The molecule has 0 bridgehead atoms. The highest BCUT2D eigenvalue weighted by Gasteiger charge is 2.42. The van der Waals surface area contributed by atoms with Gasteiger partial charge in [-0.15, -0.1) is 0 Å². The first-order chi connectivity index (χ1) is 9.65. The Morgan fingerprint density at radius 2 is 2.19 bits per heavy atom. The molecule has 1 aromatic heterocycles. The van der Waals surface area contributed by atoms with Gasteiger partial charge in [0.25, 0.3) is 0 Å². The van der Waals surface area contributed by atoms with Crippen LogP contribution in [-0.4, -0.2) is 37.0 Å². The third-order valence-corrected chi connectivity index (χ3v) is 4.76. The van der Waals surface area contributed by atoms with Crippen LogP contribution in [0.3, 0.4) is 0 Å². The van der Waals surface area contributed by atoms with Crippen molar-refractivity contribution in [1.82, 2.24) is 14.5 Å². The van der Waals surface area contributed by atoms with E-state index >= 15 is 0 Å². The van der Waals surface area contributed by atoms with E-state index in [1.54, 1.807) is 0 Å². The van der Waals surface area contributed by atoms with Crippen LogP contribution >= 0.6 is 0 Å². The molecule has 1 aliphatic heterocycles. The fourth-order valence-corrected chi connectivity index (χ4v) is 3.81. The maximum Gasteiger partial charge on any atom is 0.436 e. The summed E-state index contributed by atoms with van der Waals surface area (Å²) < 4.78 is 71.4. The third-order valence-electron chi connectivity index (χ3n) is 3.27. The van der Waals surface area contributed by atoms with Crippen molar-refractivity contribution in [3.05, 3.63) is 11.9 Å². The fourth-order valence-electron chi connectivity index (χ4n) is 2.31. The van der Waals surface area contributed by atoms with Gasteiger partial charge in [0.05, 0.1) is 12.1 Å². The molecule has 0 aliphatic carbocycles. The zero-order valence-electron chi connectivity index (χ0n) is 11.5. The van der Waals surface area contributed by atoms with Gasteiger partial charge < -0.3 is 4.74 Å². The van der Waals surface area contributed by atoms with E-state index in [9.17, 15) is 21.6 Å². The van der Waals surface area contributed by atoms with Gasteiger partial charge in [-0.2, -0.15) is 18.3 Å². The summed E-state index contributed by atoms with van der Waals surface area (Å²) in [5.74, 6) is 0. The van der Waals surface area contributed by atoms with Crippen LogP contribution in [0.2, 0.25) is 0 Å². The van der Waals surface area contributed by atoms with Crippen LogP contribution in [-0.2, 0) is 28.0 Å². The molecule has 1 fully saturated rings. The number of hydrogen-bond donors (Lipinski definition) is 1. The monoisotopic (exact) mass is 327 g/mol. The van der Waals surface area contributed by atoms with Crippen molar-refractivity contribution in [3.8, 4) is 0 Å². The zero-order valence-corrected chi connectivity index (χ0v) is 12.3. The molecule has 0 spiro atoms. The van der Waals surface area contributed by atoms with Gasteiger partial charge in [0.2, 0.25) is 10.0 Å². The quantitative estimate of drug-likeness (QED) is 0.904. The minimum Gasteiger partial charge on any atom is -0.377 e. The molecule has 6 nitrogen and oxygen atoms in total. The number of rotatable bonds is 4. The molecule has 0 radical (unpaired) electrons. The van der Waals surface area contributed by atoms with Crippen LogP contribution in [0.15, 0.2) is 11.1 Å².